The summed E-state index contributed by atoms with van der Waals surface area (Å²) in [5, 5.41) is 12.7. The summed E-state index contributed by atoms with van der Waals surface area (Å²) in [4.78, 5) is 16.6. The van der Waals surface area contributed by atoms with E-state index in [9.17, 15) is 4.79 Å². The van der Waals surface area contributed by atoms with Crippen LogP contribution in [0.15, 0.2) is 60.9 Å². The number of nitrogens with one attached hydrogen (secondary N) is 1. The minimum absolute atomic E-state index is 0.348. The van der Waals surface area contributed by atoms with Gasteiger partial charge in [0.1, 0.15) is 11.5 Å². The number of aromatic nitrogens is 4. The highest BCUT2D eigenvalue weighted by Gasteiger charge is 2.30. The third-order valence-electron chi connectivity index (χ3n) is 7.25. The molecule has 8 nitrogen and oxygen atoms in total. The van der Waals surface area contributed by atoms with E-state index in [2.05, 4.69) is 35.8 Å². The van der Waals surface area contributed by atoms with E-state index in [4.69, 9.17) is 4.74 Å². The normalized spacial score (nSPS) is 17.5. The number of benzene rings is 2. The summed E-state index contributed by atoms with van der Waals surface area (Å²) < 4.78 is 8.16. The van der Waals surface area contributed by atoms with Crippen LogP contribution in [0, 0.1) is 0 Å². The van der Waals surface area contributed by atoms with Gasteiger partial charge in [0.25, 0.3) is 0 Å². The molecule has 2 aromatic heterocycles. The first-order valence-corrected chi connectivity index (χ1v) is 12.5. The monoisotopic (exact) mass is 470 g/mol. The van der Waals surface area contributed by atoms with E-state index in [1.807, 2.05) is 48.7 Å². The number of carbonyl (C=O) groups excluding carboxylic acids is 1. The number of rotatable bonds is 7. The second kappa shape index (κ2) is 9.54. The third kappa shape index (κ3) is 4.66. The molecular formula is C27H30N6O2. The maximum atomic E-state index is 12.0. The van der Waals surface area contributed by atoms with Crippen molar-refractivity contribution in [1.82, 2.24) is 29.8 Å². The Kier molecular flexibility index (Phi) is 5.96. The fourth-order valence-electron chi connectivity index (χ4n) is 5.31. The van der Waals surface area contributed by atoms with E-state index in [1.165, 1.54) is 0 Å². The Balaban J connectivity index is 1.04. The highest BCUT2D eigenvalue weighted by molar-refractivity contribution is 5.80. The number of hydrogen-bond acceptors (Lipinski definition) is 5. The SMILES string of the molecule is O=C1CCCN1C1CCN(CCn2ncc3cc(Oc4ccc(-c5ccn[nH]5)cc4)ccc32)CC1. The number of nitrogens with zero attached hydrogens (tertiary/aromatic N) is 5. The Morgan fingerprint density at radius 1 is 0.971 bits per heavy atom. The number of piperidine rings is 1. The molecular weight excluding hydrogens is 440 g/mol. The van der Waals surface area contributed by atoms with E-state index in [1.54, 1.807) is 6.20 Å². The highest BCUT2D eigenvalue weighted by Crippen LogP contribution is 2.28. The maximum absolute atomic E-state index is 12.0. The zero-order valence-electron chi connectivity index (χ0n) is 19.8. The fourth-order valence-corrected chi connectivity index (χ4v) is 5.31. The molecule has 0 atom stereocenters. The topological polar surface area (TPSA) is 79.3 Å². The van der Waals surface area contributed by atoms with Crippen LogP contribution < -0.4 is 4.74 Å². The van der Waals surface area contributed by atoms with Crippen LogP contribution in [0.2, 0.25) is 0 Å². The molecule has 0 radical (unpaired) electrons. The van der Waals surface area contributed by atoms with Gasteiger partial charge in [-0.25, -0.2) is 0 Å². The molecule has 2 aliphatic heterocycles. The predicted molar refractivity (Wildman–Crippen MR) is 134 cm³/mol. The van der Waals surface area contributed by atoms with Gasteiger partial charge in [-0.2, -0.15) is 10.2 Å². The van der Waals surface area contributed by atoms with Gasteiger partial charge in [0.15, 0.2) is 0 Å². The van der Waals surface area contributed by atoms with Crippen LogP contribution in [0.5, 0.6) is 11.5 Å². The van der Waals surface area contributed by atoms with Gasteiger partial charge in [0.2, 0.25) is 5.91 Å². The lowest BCUT2D eigenvalue weighted by molar-refractivity contribution is -0.130. The average molecular weight is 471 g/mol. The number of likely N-dealkylation sites (tertiary alicyclic amines) is 2. The molecule has 8 heteroatoms. The molecule has 4 heterocycles. The van der Waals surface area contributed by atoms with Gasteiger partial charge in [0, 0.05) is 50.2 Å². The van der Waals surface area contributed by atoms with Crippen LogP contribution in [0.1, 0.15) is 25.7 Å². The summed E-state index contributed by atoms with van der Waals surface area (Å²) in [6, 6.07) is 16.5. The molecule has 35 heavy (non-hydrogen) atoms. The Bertz CT molecular complexity index is 1290. The summed E-state index contributed by atoms with van der Waals surface area (Å²) in [5.41, 5.74) is 3.17. The van der Waals surface area contributed by atoms with Gasteiger partial charge in [-0.3, -0.25) is 14.6 Å². The summed E-state index contributed by atoms with van der Waals surface area (Å²) in [6.07, 6.45) is 7.57. The Hall–Kier alpha value is -3.65. The second-order valence-electron chi connectivity index (χ2n) is 9.45. The summed E-state index contributed by atoms with van der Waals surface area (Å²) in [7, 11) is 0. The van der Waals surface area contributed by atoms with Gasteiger partial charge < -0.3 is 14.5 Å². The van der Waals surface area contributed by atoms with Crippen molar-refractivity contribution in [3.63, 3.8) is 0 Å². The molecule has 0 saturated carbocycles. The minimum Gasteiger partial charge on any atom is -0.457 e. The smallest absolute Gasteiger partial charge is 0.222 e. The predicted octanol–water partition coefficient (Wildman–Crippen LogP) is 4.31. The Morgan fingerprint density at radius 3 is 2.54 bits per heavy atom. The van der Waals surface area contributed by atoms with Crippen LogP contribution in [0.25, 0.3) is 22.2 Å². The molecule has 2 aromatic carbocycles. The van der Waals surface area contributed by atoms with E-state index >= 15 is 0 Å². The molecule has 0 bridgehead atoms. The molecule has 1 N–H and O–H groups in total. The zero-order chi connectivity index (χ0) is 23.6. The van der Waals surface area contributed by atoms with Gasteiger partial charge >= 0.3 is 0 Å². The van der Waals surface area contributed by atoms with Crippen LogP contribution >= 0.6 is 0 Å². The number of hydrogen-bond donors (Lipinski definition) is 1. The van der Waals surface area contributed by atoms with E-state index in [0.717, 1.165) is 92.1 Å². The van der Waals surface area contributed by atoms with Crippen molar-refractivity contribution >= 4 is 16.8 Å². The standard InChI is InChI=1S/C27H30N6O2/c34-27-2-1-13-32(27)22-10-14-31(15-11-22)16-17-33-26-8-7-24(18-21(26)19-29-33)35-23-5-3-20(4-6-23)25-9-12-28-30-25/h3-9,12,18-19,22H,1-2,10-11,13-17H2,(H,28,30). The lowest BCUT2D eigenvalue weighted by Gasteiger charge is -2.36. The van der Waals surface area contributed by atoms with Crippen LogP contribution in [-0.4, -0.2) is 67.9 Å². The molecule has 0 spiro atoms. The molecule has 0 aliphatic carbocycles. The maximum Gasteiger partial charge on any atom is 0.222 e. The van der Waals surface area contributed by atoms with Crippen molar-refractivity contribution < 1.29 is 9.53 Å². The van der Waals surface area contributed by atoms with Crippen molar-refractivity contribution in [1.29, 1.82) is 0 Å². The molecule has 1 amide bonds. The van der Waals surface area contributed by atoms with Crippen molar-refractivity contribution in [3.05, 3.63) is 60.9 Å². The number of H-pyrrole nitrogens is 1. The molecule has 2 fully saturated rings. The first-order chi connectivity index (χ1) is 17.2. The van der Waals surface area contributed by atoms with Crippen LogP contribution in [-0.2, 0) is 11.3 Å². The lowest BCUT2D eigenvalue weighted by Crippen LogP contribution is -2.46. The van der Waals surface area contributed by atoms with Gasteiger partial charge in [-0.1, -0.05) is 0 Å². The third-order valence-corrected chi connectivity index (χ3v) is 7.25. The fraction of sp³-hybridized carbons (Fsp3) is 0.370. The number of aromatic amines is 1. The molecule has 180 valence electrons. The van der Waals surface area contributed by atoms with Gasteiger partial charge in [-0.05, 0) is 73.4 Å². The molecule has 2 aliphatic rings. The van der Waals surface area contributed by atoms with Crippen LogP contribution in [0.4, 0.5) is 0 Å². The Morgan fingerprint density at radius 2 is 1.80 bits per heavy atom. The largest absolute Gasteiger partial charge is 0.457 e. The van der Waals surface area contributed by atoms with Gasteiger partial charge in [0.05, 0.1) is 24.0 Å². The molecule has 2 saturated heterocycles. The van der Waals surface area contributed by atoms with E-state index in [-0.39, 0.29) is 0 Å². The number of carbonyl (C=O) groups is 1. The highest BCUT2D eigenvalue weighted by atomic mass is 16.5. The first-order valence-electron chi connectivity index (χ1n) is 12.5. The van der Waals surface area contributed by atoms with E-state index < -0.39 is 0 Å². The minimum atomic E-state index is 0.348. The molecule has 0 unspecified atom stereocenters. The first kappa shape index (κ1) is 21.9. The van der Waals surface area contributed by atoms with Crippen molar-refractivity contribution in [3.8, 4) is 22.8 Å². The summed E-state index contributed by atoms with van der Waals surface area (Å²) in [6.45, 7) is 4.87. The zero-order valence-corrected chi connectivity index (χ0v) is 19.8. The number of ether oxygens (including phenoxy) is 1. The van der Waals surface area contributed by atoms with E-state index in [0.29, 0.717) is 11.9 Å². The number of amides is 1. The lowest BCUT2D eigenvalue weighted by atomic mass is 10.0. The van der Waals surface area contributed by atoms with Crippen molar-refractivity contribution in [2.75, 3.05) is 26.2 Å². The Labute approximate surface area is 204 Å². The molecule has 6 rings (SSSR count). The molecule has 4 aromatic rings. The number of fused-ring (bicyclic) bond motifs is 1. The van der Waals surface area contributed by atoms with Gasteiger partial charge in [-0.15, -0.1) is 0 Å². The van der Waals surface area contributed by atoms with Crippen molar-refractivity contribution in [2.24, 2.45) is 0 Å². The average Bonchev–Trinajstić information content (AvgIpc) is 3.65. The van der Waals surface area contributed by atoms with Crippen LogP contribution in [0.3, 0.4) is 0 Å². The summed E-state index contributed by atoms with van der Waals surface area (Å²) >= 11 is 0. The summed E-state index contributed by atoms with van der Waals surface area (Å²) in [5.74, 6) is 1.94. The van der Waals surface area contributed by atoms with Crippen molar-refractivity contribution in [2.45, 2.75) is 38.3 Å². The quantitative estimate of drug-likeness (QED) is 0.436. The second-order valence-corrected chi connectivity index (χ2v) is 9.45.